The second kappa shape index (κ2) is 9.15. The van der Waals surface area contributed by atoms with E-state index in [0.29, 0.717) is 13.0 Å². The first kappa shape index (κ1) is 16.2. The van der Waals surface area contributed by atoms with E-state index in [1.165, 1.54) is 6.20 Å². The molecule has 6 heteroatoms. The summed E-state index contributed by atoms with van der Waals surface area (Å²) in [4.78, 5) is 22.0. The zero-order chi connectivity index (χ0) is 15.5. The van der Waals surface area contributed by atoms with Crippen LogP contribution in [-0.2, 0) is 16.1 Å². The molecule has 0 saturated carbocycles. The second-order valence-electron chi connectivity index (χ2n) is 4.29. The molecule has 0 spiro atoms. The fourth-order valence-electron chi connectivity index (χ4n) is 1.55. The smallest absolute Gasteiger partial charge is 0.303 e. The Kier molecular flexibility index (Phi) is 7.08. The number of benzene rings is 1. The van der Waals surface area contributed by atoms with E-state index in [2.05, 4.69) is 10.6 Å². The Morgan fingerprint density at radius 1 is 1.29 bits per heavy atom. The largest absolute Gasteiger partial charge is 0.481 e. The SMILES string of the molecule is N#C/C(=C/NCc1ccccc1)C(=O)NCCCC(=O)O. The first-order valence-electron chi connectivity index (χ1n) is 6.51. The van der Waals surface area contributed by atoms with Crippen molar-refractivity contribution < 1.29 is 14.7 Å². The third kappa shape index (κ3) is 6.78. The van der Waals surface area contributed by atoms with Crippen LogP contribution >= 0.6 is 0 Å². The summed E-state index contributed by atoms with van der Waals surface area (Å²) in [5.74, 6) is -1.42. The first-order chi connectivity index (χ1) is 10.1. The van der Waals surface area contributed by atoms with Crippen LogP contribution in [0.2, 0.25) is 0 Å². The van der Waals surface area contributed by atoms with E-state index in [1.807, 2.05) is 36.4 Å². The molecule has 21 heavy (non-hydrogen) atoms. The predicted octanol–water partition coefficient (Wildman–Crippen LogP) is 1.16. The molecule has 6 nitrogen and oxygen atoms in total. The van der Waals surface area contributed by atoms with Crippen LogP contribution in [0.5, 0.6) is 0 Å². The molecule has 110 valence electrons. The molecule has 0 unspecified atom stereocenters. The fourth-order valence-corrected chi connectivity index (χ4v) is 1.55. The quantitative estimate of drug-likeness (QED) is 0.378. The molecule has 1 rings (SSSR count). The fraction of sp³-hybridized carbons (Fsp3) is 0.267. The number of carboxylic acids is 1. The first-order valence-corrected chi connectivity index (χ1v) is 6.51. The van der Waals surface area contributed by atoms with Gasteiger partial charge in [-0.05, 0) is 12.0 Å². The van der Waals surface area contributed by atoms with E-state index in [9.17, 15) is 9.59 Å². The summed E-state index contributed by atoms with van der Waals surface area (Å²) >= 11 is 0. The lowest BCUT2D eigenvalue weighted by atomic mass is 10.2. The van der Waals surface area contributed by atoms with E-state index in [4.69, 9.17) is 10.4 Å². The van der Waals surface area contributed by atoms with E-state index >= 15 is 0 Å². The van der Waals surface area contributed by atoms with Gasteiger partial charge in [-0.2, -0.15) is 5.26 Å². The number of rotatable bonds is 8. The van der Waals surface area contributed by atoms with E-state index < -0.39 is 11.9 Å². The second-order valence-corrected chi connectivity index (χ2v) is 4.29. The molecule has 0 bridgehead atoms. The Balaban J connectivity index is 2.38. The average Bonchev–Trinajstić information content (AvgIpc) is 2.49. The van der Waals surface area contributed by atoms with Crippen LogP contribution in [0.1, 0.15) is 18.4 Å². The average molecular weight is 287 g/mol. The lowest BCUT2D eigenvalue weighted by molar-refractivity contribution is -0.137. The molecule has 0 aliphatic rings. The van der Waals surface area contributed by atoms with Crippen molar-refractivity contribution in [1.82, 2.24) is 10.6 Å². The van der Waals surface area contributed by atoms with Crippen molar-refractivity contribution in [3.8, 4) is 6.07 Å². The molecule has 0 saturated heterocycles. The molecule has 1 aromatic carbocycles. The van der Waals surface area contributed by atoms with Gasteiger partial charge in [-0.3, -0.25) is 9.59 Å². The number of carbonyl (C=O) groups excluding carboxylic acids is 1. The maximum absolute atomic E-state index is 11.7. The molecule has 0 aliphatic heterocycles. The van der Waals surface area contributed by atoms with Gasteiger partial charge in [0.15, 0.2) is 0 Å². The number of amides is 1. The van der Waals surface area contributed by atoms with Gasteiger partial charge in [0.1, 0.15) is 11.6 Å². The van der Waals surface area contributed by atoms with Crippen LogP contribution in [-0.4, -0.2) is 23.5 Å². The van der Waals surface area contributed by atoms with Gasteiger partial charge in [0.05, 0.1) is 0 Å². The summed E-state index contributed by atoms with van der Waals surface area (Å²) < 4.78 is 0. The van der Waals surface area contributed by atoms with Crippen LogP contribution in [0.25, 0.3) is 0 Å². The molecular weight excluding hydrogens is 270 g/mol. The van der Waals surface area contributed by atoms with E-state index in [0.717, 1.165) is 5.56 Å². The standard InChI is InChI=1S/C15H17N3O3/c16-9-13(15(21)18-8-4-7-14(19)20)11-17-10-12-5-2-1-3-6-12/h1-3,5-6,11,17H,4,7-8,10H2,(H,18,21)(H,19,20)/b13-11-. The lowest BCUT2D eigenvalue weighted by Crippen LogP contribution is -2.27. The Morgan fingerprint density at radius 2 is 2.00 bits per heavy atom. The van der Waals surface area contributed by atoms with Crippen LogP contribution in [0.4, 0.5) is 0 Å². The molecule has 0 atom stereocenters. The van der Waals surface area contributed by atoms with Gasteiger partial charge >= 0.3 is 5.97 Å². The number of carboxylic acid groups (broad SMARTS) is 1. The zero-order valence-electron chi connectivity index (χ0n) is 11.5. The van der Waals surface area contributed by atoms with Gasteiger partial charge in [-0.15, -0.1) is 0 Å². The van der Waals surface area contributed by atoms with Gasteiger partial charge in [0.2, 0.25) is 0 Å². The molecule has 3 N–H and O–H groups in total. The summed E-state index contributed by atoms with van der Waals surface area (Å²) in [6.07, 6.45) is 1.68. The maximum atomic E-state index is 11.7. The predicted molar refractivity (Wildman–Crippen MR) is 76.9 cm³/mol. The van der Waals surface area contributed by atoms with Crippen LogP contribution in [0, 0.1) is 11.3 Å². The van der Waals surface area contributed by atoms with Crippen molar-refractivity contribution in [3.63, 3.8) is 0 Å². The third-order valence-corrected chi connectivity index (χ3v) is 2.61. The number of nitriles is 1. The number of hydrogen-bond acceptors (Lipinski definition) is 4. The molecule has 1 aromatic rings. The Morgan fingerprint density at radius 3 is 2.62 bits per heavy atom. The molecular formula is C15H17N3O3. The van der Waals surface area contributed by atoms with Crippen molar-refractivity contribution in [2.24, 2.45) is 0 Å². The molecule has 0 aliphatic carbocycles. The molecule has 0 fully saturated rings. The summed E-state index contributed by atoms with van der Waals surface area (Å²) in [6.45, 7) is 0.737. The molecule has 0 radical (unpaired) electrons. The zero-order valence-corrected chi connectivity index (χ0v) is 11.5. The minimum absolute atomic E-state index is 0.0157. The Labute approximate surface area is 123 Å². The van der Waals surface area contributed by atoms with Crippen molar-refractivity contribution >= 4 is 11.9 Å². The van der Waals surface area contributed by atoms with Crippen molar-refractivity contribution in [3.05, 3.63) is 47.7 Å². The van der Waals surface area contributed by atoms with Gasteiger partial charge in [0, 0.05) is 25.7 Å². The van der Waals surface area contributed by atoms with Crippen LogP contribution in [0.3, 0.4) is 0 Å². The molecule has 0 heterocycles. The highest BCUT2D eigenvalue weighted by atomic mass is 16.4. The highest BCUT2D eigenvalue weighted by Crippen LogP contribution is 1.98. The summed E-state index contributed by atoms with van der Waals surface area (Å²) in [5.41, 5.74) is 0.995. The monoisotopic (exact) mass is 287 g/mol. The number of hydrogen-bond donors (Lipinski definition) is 3. The summed E-state index contributed by atoms with van der Waals surface area (Å²) in [5, 5.41) is 22.8. The van der Waals surface area contributed by atoms with Gasteiger partial charge in [0.25, 0.3) is 5.91 Å². The molecule has 0 aromatic heterocycles. The number of aliphatic carboxylic acids is 1. The Bertz CT molecular complexity index is 547. The third-order valence-electron chi connectivity index (χ3n) is 2.61. The van der Waals surface area contributed by atoms with Gasteiger partial charge in [-0.1, -0.05) is 30.3 Å². The topological polar surface area (TPSA) is 102 Å². The summed E-state index contributed by atoms with van der Waals surface area (Å²) in [6, 6.07) is 11.4. The van der Waals surface area contributed by atoms with Crippen molar-refractivity contribution in [2.45, 2.75) is 19.4 Å². The van der Waals surface area contributed by atoms with E-state index in [-0.39, 0.29) is 18.5 Å². The minimum atomic E-state index is -0.912. The number of nitrogens with zero attached hydrogens (tertiary/aromatic N) is 1. The maximum Gasteiger partial charge on any atom is 0.303 e. The number of carbonyl (C=O) groups is 2. The lowest BCUT2D eigenvalue weighted by Gasteiger charge is -2.04. The normalized spacial score (nSPS) is 10.5. The van der Waals surface area contributed by atoms with Gasteiger partial charge < -0.3 is 15.7 Å². The highest BCUT2D eigenvalue weighted by Gasteiger charge is 2.08. The van der Waals surface area contributed by atoms with Crippen molar-refractivity contribution in [1.29, 1.82) is 5.26 Å². The van der Waals surface area contributed by atoms with Crippen LogP contribution in [0.15, 0.2) is 42.1 Å². The summed E-state index contributed by atoms with van der Waals surface area (Å²) in [7, 11) is 0. The van der Waals surface area contributed by atoms with E-state index in [1.54, 1.807) is 0 Å². The van der Waals surface area contributed by atoms with Crippen molar-refractivity contribution in [2.75, 3.05) is 6.54 Å². The minimum Gasteiger partial charge on any atom is -0.481 e. The molecule has 1 amide bonds. The number of nitrogens with one attached hydrogen (secondary N) is 2. The van der Waals surface area contributed by atoms with Crippen LogP contribution < -0.4 is 10.6 Å². The highest BCUT2D eigenvalue weighted by molar-refractivity contribution is 5.97. The van der Waals surface area contributed by atoms with Gasteiger partial charge in [-0.25, -0.2) is 0 Å². The Hall–Kier alpha value is -2.81.